The molecule has 1 atom stereocenters. The smallest absolute Gasteiger partial charge is 0.255 e. The maximum Gasteiger partial charge on any atom is 0.255 e. The lowest BCUT2D eigenvalue weighted by atomic mass is 9.88. The summed E-state index contributed by atoms with van der Waals surface area (Å²) in [6, 6.07) is 9.60. The zero-order valence-corrected chi connectivity index (χ0v) is 13.2. The van der Waals surface area contributed by atoms with Crippen molar-refractivity contribution in [3.63, 3.8) is 0 Å². The number of rotatable bonds is 4. The summed E-state index contributed by atoms with van der Waals surface area (Å²) in [5.74, 6) is 0.292. The molecule has 0 aliphatic heterocycles. The largest absolute Gasteiger partial charge is 0.478 e. The highest BCUT2D eigenvalue weighted by Crippen LogP contribution is 2.24. The number of amides is 1. The summed E-state index contributed by atoms with van der Waals surface area (Å²) in [5, 5.41) is 2.94. The second kappa shape index (κ2) is 6.79. The van der Waals surface area contributed by atoms with Crippen molar-refractivity contribution in [2.45, 2.75) is 32.2 Å². The predicted octanol–water partition coefficient (Wildman–Crippen LogP) is 2.55. The van der Waals surface area contributed by atoms with E-state index in [0.29, 0.717) is 18.1 Å². The van der Waals surface area contributed by atoms with Crippen LogP contribution in [0.5, 0.6) is 5.88 Å². The maximum atomic E-state index is 12.4. The van der Waals surface area contributed by atoms with Gasteiger partial charge in [0.15, 0.2) is 0 Å². The van der Waals surface area contributed by atoms with Crippen molar-refractivity contribution in [3.05, 3.63) is 53.2 Å². The number of hydrogen-bond acceptors (Lipinski definition) is 4. The third-order valence-corrected chi connectivity index (χ3v) is 4.02. The number of carbonyl (C=O) groups excluding carboxylic acids is 1. The summed E-state index contributed by atoms with van der Waals surface area (Å²) in [6.45, 7) is 2.40. The zero-order chi connectivity index (χ0) is 16.2. The van der Waals surface area contributed by atoms with Crippen molar-refractivity contribution in [1.29, 1.82) is 0 Å². The zero-order valence-electron chi connectivity index (χ0n) is 13.2. The van der Waals surface area contributed by atoms with Gasteiger partial charge in [0.05, 0.1) is 6.61 Å². The number of nitrogens with one attached hydrogen (secondary N) is 1. The number of benzene rings is 1. The van der Waals surface area contributed by atoms with Gasteiger partial charge < -0.3 is 15.8 Å². The molecular weight excluding hydrogens is 290 g/mol. The number of carbonyl (C=O) groups is 1. The minimum absolute atomic E-state index is 0.166. The Hall–Kier alpha value is -2.40. The van der Waals surface area contributed by atoms with Gasteiger partial charge in [-0.2, -0.15) is 0 Å². The number of nitrogens with two attached hydrogens (primary N) is 1. The summed E-state index contributed by atoms with van der Waals surface area (Å²) >= 11 is 0. The molecular formula is C18H21N3O2. The Morgan fingerprint density at radius 1 is 1.35 bits per heavy atom. The molecule has 5 nitrogen and oxygen atoms in total. The summed E-state index contributed by atoms with van der Waals surface area (Å²) in [5.41, 5.74) is 9.89. The van der Waals surface area contributed by atoms with Crippen LogP contribution in [0.3, 0.4) is 0 Å². The number of aryl methyl sites for hydroxylation is 1. The molecule has 0 radical (unpaired) electrons. The second-order valence-electron chi connectivity index (χ2n) is 5.76. The molecule has 23 heavy (non-hydrogen) atoms. The Morgan fingerprint density at radius 2 is 2.22 bits per heavy atom. The van der Waals surface area contributed by atoms with Crippen molar-refractivity contribution in [3.8, 4) is 5.88 Å². The lowest BCUT2D eigenvalue weighted by Crippen LogP contribution is -2.27. The molecule has 1 amide bonds. The first-order valence-electron chi connectivity index (χ1n) is 7.93. The monoisotopic (exact) mass is 311 g/mol. The molecule has 1 aliphatic carbocycles. The van der Waals surface area contributed by atoms with Crippen molar-refractivity contribution in [2.75, 3.05) is 11.9 Å². The van der Waals surface area contributed by atoms with Crippen LogP contribution in [0.4, 0.5) is 5.69 Å². The second-order valence-corrected chi connectivity index (χ2v) is 5.76. The fraction of sp³-hybridized carbons (Fsp3) is 0.333. The molecule has 3 N–H and O–H groups in total. The average molecular weight is 311 g/mol. The SMILES string of the molecule is CCOc1cc(C(=O)Nc2ccc3c(c2)CCC(N)C3)ccn1. The van der Waals surface area contributed by atoms with Crippen LogP contribution in [0.2, 0.25) is 0 Å². The van der Waals surface area contributed by atoms with Crippen molar-refractivity contribution < 1.29 is 9.53 Å². The Kier molecular flexibility index (Phi) is 4.57. The molecule has 0 saturated heterocycles. The van der Waals surface area contributed by atoms with Crippen molar-refractivity contribution >= 4 is 11.6 Å². The molecule has 2 aromatic rings. The molecule has 1 aromatic heterocycles. The molecule has 0 saturated carbocycles. The van der Waals surface area contributed by atoms with Gasteiger partial charge in [-0.3, -0.25) is 4.79 Å². The van der Waals surface area contributed by atoms with E-state index in [9.17, 15) is 4.79 Å². The number of fused-ring (bicyclic) bond motifs is 1. The van der Waals surface area contributed by atoms with Gasteiger partial charge in [0.25, 0.3) is 5.91 Å². The molecule has 0 fully saturated rings. The van der Waals surface area contributed by atoms with E-state index in [2.05, 4.69) is 16.4 Å². The Morgan fingerprint density at radius 3 is 3.04 bits per heavy atom. The molecule has 1 aromatic carbocycles. The average Bonchev–Trinajstić information content (AvgIpc) is 2.55. The van der Waals surface area contributed by atoms with Crippen molar-refractivity contribution in [2.24, 2.45) is 5.73 Å². The number of anilines is 1. The van der Waals surface area contributed by atoms with Crippen LogP contribution in [0, 0.1) is 0 Å². The van der Waals surface area contributed by atoms with E-state index >= 15 is 0 Å². The first-order chi connectivity index (χ1) is 11.2. The first-order valence-corrected chi connectivity index (χ1v) is 7.93. The van der Waals surface area contributed by atoms with Gasteiger partial charge in [-0.05, 0) is 55.5 Å². The molecule has 120 valence electrons. The Bertz CT molecular complexity index is 715. The van der Waals surface area contributed by atoms with Gasteiger partial charge in [-0.25, -0.2) is 4.98 Å². The van der Waals surface area contributed by atoms with E-state index in [1.54, 1.807) is 18.3 Å². The lowest BCUT2D eigenvalue weighted by Gasteiger charge is -2.22. The van der Waals surface area contributed by atoms with Crippen LogP contribution in [0.25, 0.3) is 0 Å². The standard InChI is InChI=1S/C18H21N3O2/c1-2-23-17-11-14(7-8-20-17)18(22)21-16-6-4-12-9-15(19)5-3-13(12)10-16/h4,6-8,10-11,15H,2-3,5,9,19H2,1H3,(H,21,22). The van der Waals surface area contributed by atoms with Gasteiger partial charge in [-0.1, -0.05) is 6.07 Å². The highest BCUT2D eigenvalue weighted by atomic mass is 16.5. The molecule has 0 spiro atoms. The molecule has 1 heterocycles. The van der Waals surface area contributed by atoms with Gasteiger partial charge in [0.2, 0.25) is 5.88 Å². The normalized spacial score (nSPS) is 16.5. The predicted molar refractivity (Wildman–Crippen MR) is 89.8 cm³/mol. The Labute approximate surface area is 135 Å². The molecule has 1 unspecified atom stereocenters. The Balaban J connectivity index is 1.74. The van der Waals surface area contributed by atoms with Gasteiger partial charge in [0, 0.05) is 29.6 Å². The maximum absolute atomic E-state index is 12.4. The fourth-order valence-electron chi connectivity index (χ4n) is 2.84. The van der Waals surface area contributed by atoms with Gasteiger partial charge >= 0.3 is 0 Å². The third-order valence-electron chi connectivity index (χ3n) is 4.02. The molecule has 0 bridgehead atoms. The van der Waals surface area contributed by atoms with Crippen molar-refractivity contribution in [1.82, 2.24) is 4.98 Å². The van der Waals surface area contributed by atoms with Crippen LogP contribution in [0.15, 0.2) is 36.5 Å². The summed E-state index contributed by atoms with van der Waals surface area (Å²) in [7, 11) is 0. The van der Waals surface area contributed by atoms with E-state index < -0.39 is 0 Å². The highest BCUT2D eigenvalue weighted by molar-refractivity contribution is 6.04. The first kappa shape index (κ1) is 15.5. The number of pyridine rings is 1. The van der Waals surface area contributed by atoms with Crippen LogP contribution < -0.4 is 15.8 Å². The number of ether oxygens (including phenoxy) is 1. The van der Waals surface area contributed by atoms with Gasteiger partial charge in [-0.15, -0.1) is 0 Å². The highest BCUT2D eigenvalue weighted by Gasteiger charge is 2.16. The summed E-state index contributed by atoms with van der Waals surface area (Å²) in [4.78, 5) is 16.4. The number of hydrogen-bond donors (Lipinski definition) is 2. The van der Waals surface area contributed by atoms with E-state index in [0.717, 1.165) is 24.9 Å². The molecule has 5 heteroatoms. The van der Waals surface area contributed by atoms with Gasteiger partial charge in [0.1, 0.15) is 0 Å². The fourth-order valence-corrected chi connectivity index (χ4v) is 2.84. The van der Waals surface area contributed by atoms with E-state index in [1.807, 2.05) is 19.1 Å². The minimum atomic E-state index is -0.166. The van der Waals surface area contributed by atoms with E-state index in [1.165, 1.54) is 11.1 Å². The van der Waals surface area contributed by atoms with Crippen LogP contribution in [-0.2, 0) is 12.8 Å². The molecule has 1 aliphatic rings. The third kappa shape index (κ3) is 3.68. The van der Waals surface area contributed by atoms with E-state index in [4.69, 9.17) is 10.5 Å². The van der Waals surface area contributed by atoms with Crippen LogP contribution in [0.1, 0.15) is 34.8 Å². The van der Waals surface area contributed by atoms with Crippen LogP contribution in [-0.4, -0.2) is 23.5 Å². The number of aromatic nitrogens is 1. The van der Waals surface area contributed by atoms with E-state index in [-0.39, 0.29) is 11.9 Å². The van der Waals surface area contributed by atoms with Crippen LogP contribution >= 0.6 is 0 Å². The minimum Gasteiger partial charge on any atom is -0.478 e. The topological polar surface area (TPSA) is 77.2 Å². The lowest BCUT2D eigenvalue weighted by molar-refractivity contribution is 0.102. The molecule has 3 rings (SSSR count). The summed E-state index contributed by atoms with van der Waals surface area (Å²) in [6.07, 6.45) is 4.44. The summed E-state index contributed by atoms with van der Waals surface area (Å²) < 4.78 is 5.33. The quantitative estimate of drug-likeness (QED) is 0.909. The number of nitrogens with zero attached hydrogens (tertiary/aromatic N) is 1.